The zero-order valence-electron chi connectivity index (χ0n) is 16.2. The van der Waals surface area contributed by atoms with Crippen molar-refractivity contribution in [1.82, 2.24) is 14.8 Å². The molecule has 2 heterocycles. The van der Waals surface area contributed by atoms with Crippen molar-refractivity contribution in [3.05, 3.63) is 52.8 Å². The second-order valence-corrected chi connectivity index (χ2v) is 7.01. The summed E-state index contributed by atoms with van der Waals surface area (Å²) in [6.07, 6.45) is 4.45. The minimum absolute atomic E-state index is 0.111. The van der Waals surface area contributed by atoms with Crippen molar-refractivity contribution in [1.29, 1.82) is 0 Å². The first-order chi connectivity index (χ1) is 13.0. The number of nitrogens with one attached hydrogen (secondary N) is 1. The molecule has 0 atom stereocenters. The molecule has 2 aromatic rings. The van der Waals surface area contributed by atoms with Crippen LogP contribution >= 0.6 is 0 Å². The molecule has 2 amide bonds. The lowest BCUT2D eigenvalue weighted by Gasteiger charge is -2.35. The van der Waals surface area contributed by atoms with E-state index in [0.29, 0.717) is 39.0 Å². The Hall–Kier alpha value is -2.76. The lowest BCUT2D eigenvalue weighted by Crippen LogP contribution is -2.51. The summed E-state index contributed by atoms with van der Waals surface area (Å²) in [4.78, 5) is 31.8. The second-order valence-electron chi connectivity index (χ2n) is 7.01. The maximum absolute atomic E-state index is 12.7. The first-order valence-corrected chi connectivity index (χ1v) is 9.30. The van der Waals surface area contributed by atoms with Crippen LogP contribution in [0.5, 0.6) is 5.75 Å². The Kier molecular flexibility index (Phi) is 5.84. The van der Waals surface area contributed by atoms with E-state index >= 15 is 0 Å². The van der Waals surface area contributed by atoms with Gasteiger partial charge in [-0.2, -0.15) is 0 Å². The zero-order valence-corrected chi connectivity index (χ0v) is 16.2. The largest absolute Gasteiger partial charge is 0.496 e. The molecule has 0 saturated carbocycles. The Morgan fingerprint density at radius 1 is 0.963 bits per heavy atom. The molecule has 0 spiro atoms. The van der Waals surface area contributed by atoms with Crippen LogP contribution in [0, 0.1) is 13.8 Å². The monoisotopic (exact) mass is 369 g/mol. The minimum atomic E-state index is 0.111. The summed E-state index contributed by atoms with van der Waals surface area (Å²) in [5.74, 6) is 1.07. The lowest BCUT2D eigenvalue weighted by atomic mass is 9.99. The summed E-state index contributed by atoms with van der Waals surface area (Å²) >= 11 is 0. The number of piperazine rings is 1. The number of benzene rings is 1. The van der Waals surface area contributed by atoms with Gasteiger partial charge >= 0.3 is 0 Å². The summed E-state index contributed by atoms with van der Waals surface area (Å²) in [5, 5.41) is 0. The first kappa shape index (κ1) is 19.0. The van der Waals surface area contributed by atoms with Crippen LogP contribution < -0.4 is 4.74 Å². The molecule has 27 heavy (non-hydrogen) atoms. The van der Waals surface area contributed by atoms with E-state index in [1.54, 1.807) is 7.11 Å². The van der Waals surface area contributed by atoms with Crippen LogP contribution in [0.15, 0.2) is 30.6 Å². The molecule has 144 valence electrons. The van der Waals surface area contributed by atoms with Crippen LogP contribution in [0.4, 0.5) is 0 Å². The van der Waals surface area contributed by atoms with E-state index in [9.17, 15) is 9.59 Å². The number of amides is 2. The van der Waals surface area contributed by atoms with Crippen LogP contribution in [-0.2, 0) is 22.4 Å². The fraction of sp³-hybridized carbons (Fsp3) is 0.429. The van der Waals surface area contributed by atoms with E-state index in [0.717, 1.165) is 28.0 Å². The van der Waals surface area contributed by atoms with E-state index in [1.807, 2.05) is 54.2 Å². The molecule has 1 aliphatic rings. The van der Waals surface area contributed by atoms with Crippen molar-refractivity contribution in [2.24, 2.45) is 0 Å². The van der Waals surface area contributed by atoms with E-state index < -0.39 is 0 Å². The summed E-state index contributed by atoms with van der Waals surface area (Å²) in [7, 11) is 1.66. The predicted octanol–water partition coefficient (Wildman–Crippen LogP) is 2.10. The molecule has 3 rings (SSSR count). The molecular weight excluding hydrogens is 342 g/mol. The Bertz CT molecular complexity index is 806. The molecule has 6 heteroatoms. The number of carbonyl (C=O) groups is 2. The molecule has 1 fully saturated rings. The van der Waals surface area contributed by atoms with Crippen LogP contribution in [0.2, 0.25) is 0 Å². The lowest BCUT2D eigenvalue weighted by molar-refractivity contribution is -0.138. The molecule has 0 aliphatic carbocycles. The Morgan fingerprint density at radius 2 is 1.59 bits per heavy atom. The summed E-state index contributed by atoms with van der Waals surface area (Å²) in [6, 6.07) is 5.80. The highest BCUT2D eigenvalue weighted by Crippen LogP contribution is 2.24. The highest BCUT2D eigenvalue weighted by atomic mass is 16.5. The van der Waals surface area contributed by atoms with Gasteiger partial charge < -0.3 is 19.5 Å². The van der Waals surface area contributed by atoms with Crippen molar-refractivity contribution >= 4 is 11.8 Å². The average Bonchev–Trinajstić information content (AvgIpc) is 3.18. The van der Waals surface area contributed by atoms with Gasteiger partial charge in [-0.1, -0.05) is 6.07 Å². The number of rotatable bonds is 5. The van der Waals surface area contributed by atoms with Crippen LogP contribution in [-0.4, -0.2) is 59.9 Å². The molecule has 1 aromatic carbocycles. The van der Waals surface area contributed by atoms with Gasteiger partial charge in [-0.15, -0.1) is 0 Å². The van der Waals surface area contributed by atoms with Crippen molar-refractivity contribution in [2.45, 2.75) is 26.7 Å². The minimum Gasteiger partial charge on any atom is -0.496 e. The van der Waals surface area contributed by atoms with E-state index in [2.05, 4.69) is 4.98 Å². The molecule has 1 saturated heterocycles. The topological polar surface area (TPSA) is 65.6 Å². The SMILES string of the molecule is COc1ccc(CC(=O)N2CCN(C(=O)Cc3cc[nH]c3)CC2)c(C)c1C. The van der Waals surface area contributed by atoms with Crippen molar-refractivity contribution in [3.8, 4) is 5.75 Å². The number of ether oxygens (including phenoxy) is 1. The van der Waals surface area contributed by atoms with Gasteiger partial charge in [0.25, 0.3) is 0 Å². The Balaban J connectivity index is 1.54. The number of carbonyl (C=O) groups excluding carboxylic acids is 2. The molecule has 1 aromatic heterocycles. The maximum Gasteiger partial charge on any atom is 0.227 e. The predicted molar refractivity (Wildman–Crippen MR) is 104 cm³/mol. The molecule has 0 bridgehead atoms. The number of nitrogens with zero attached hydrogens (tertiary/aromatic N) is 2. The van der Waals surface area contributed by atoms with Gasteiger partial charge in [0.15, 0.2) is 0 Å². The molecule has 0 unspecified atom stereocenters. The van der Waals surface area contributed by atoms with E-state index in [4.69, 9.17) is 4.74 Å². The normalized spacial score (nSPS) is 14.3. The molecule has 6 nitrogen and oxygen atoms in total. The maximum atomic E-state index is 12.7. The fourth-order valence-corrected chi connectivity index (χ4v) is 3.50. The highest BCUT2D eigenvalue weighted by Gasteiger charge is 2.24. The quantitative estimate of drug-likeness (QED) is 0.878. The number of H-pyrrole nitrogens is 1. The third-order valence-electron chi connectivity index (χ3n) is 5.41. The summed E-state index contributed by atoms with van der Waals surface area (Å²) in [6.45, 7) is 6.40. The van der Waals surface area contributed by atoms with Gasteiger partial charge in [0, 0.05) is 38.6 Å². The molecule has 1 N–H and O–H groups in total. The zero-order chi connectivity index (χ0) is 19.4. The van der Waals surface area contributed by atoms with Crippen LogP contribution in [0.25, 0.3) is 0 Å². The van der Waals surface area contributed by atoms with Gasteiger partial charge in [0.05, 0.1) is 20.0 Å². The summed E-state index contributed by atoms with van der Waals surface area (Å²) in [5.41, 5.74) is 4.19. The van der Waals surface area contributed by atoms with Gasteiger partial charge in [0.2, 0.25) is 11.8 Å². The molecular formula is C21H27N3O3. The van der Waals surface area contributed by atoms with Gasteiger partial charge in [0.1, 0.15) is 5.75 Å². The van der Waals surface area contributed by atoms with Gasteiger partial charge in [-0.3, -0.25) is 9.59 Å². The smallest absolute Gasteiger partial charge is 0.227 e. The number of methoxy groups -OCH3 is 1. The first-order valence-electron chi connectivity index (χ1n) is 9.30. The van der Waals surface area contributed by atoms with Crippen LogP contribution in [0.3, 0.4) is 0 Å². The van der Waals surface area contributed by atoms with Crippen molar-refractivity contribution in [3.63, 3.8) is 0 Å². The standard InChI is InChI=1S/C21H27N3O3/c1-15-16(2)19(27-3)5-4-18(15)13-21(26)24-10-8-23(9-11-24)20(25)12-17-6-7-22-14-17/h4-7,14,22H,8-13H2,1-3H3. The molecule has 0 radical (unpaired) electrons. The number of hydrogen-bond donors (Lipinski definition) is 1. The third kappa shape index (κ3) is 4.32. The third-order valence-corrected chi connectivity index (χ3v) is 5.41. The van der Waals surface area contributed by atoms with Crippen molar-refractivity contribution < 1.29 is 14.3 Å². The van der Waals surface area contributed by atoms with Crippen LogP contribution in [0.1, 0.15) is 22.3 Å². The van der Waals surface area contributed by atoms with Crippen molar-refractivity contribution in [2.75, 3.05) is 33.3 Å². The van der Waals surface area contributed by atoms with Gasteiger partial charge in [-0.05, 0) is 48.2 Å². The highest BCUT2D eigenvalue weighted by molar-refractivity contribution is 5.81. The number of hydrogen-bond acceptors (Lipinski definition) is 3. The second kappa shape index (κ2) is 8.29. The fourth-order valence-electron chi connectivity index (χ4n) is 3.50. The Labute approximate surface area is 160 Å². The Morgan fingerprint density at radius 3 is 2.15 bits per heavy atom. The van der Waals surface area contributed by atoms with Gasteiger partial charge in [-0.25, -0.2) is 0 Å². The number of aromatic nitrogens is 1. The average molecular weight is 369 g/mol. The van der Waals surface area contributed by atoms with E-state index in [1.165, 1.54) is 0 Å². The summed E-state index contributed by atoms with van der Waals surface area (Å²) < 4.78 is 5.34. The number of aromatic amines is 1. The molecule has 1 aliphatic heterocycles. The van der Waals surface area contributed by atoms with E-state index in [-0.39, 0.29) is 11.8 Å².